The molecular formula is C25H25NO5. The quantitative estimate of drug-likeness (QED) is 0.443. The number of hydrogen-bond acceptors (Lipinski definition) is 5. The minimum atomic E-state index is -0.639. The first-order valence-corrected chi connectivity index (χ1v) is 9.92. The molecule has 6 nitrogen and oxygen atoms in total. The minimum absolute atomic E-state index is 0.164. The Labute approximate surface area is 181 Å². The molecule has 160 valence electrons. The van der Waals surface area contributed by atoms with E-state index in [4.69, 9.17) is 9.15 Å². The predicted molar refractivity (Wildman–Crippen MR) is 118 cm³/mol. The zero-order chi connectivity index (χ0) is 22.7. The van der Waals surface area contributed by atoms with Gasteiger partial charge in [-0.1, -0.05) is 6.07 Å². The minimum Gasteiger partial charge on any atom is -0.459 e. The van der Waals surface area contributed by atoms with Crippen LogP contribution in [0.15, 0.2) is 47.1 Å². The van der Waals surface area contributed by atoms with Gasteiger partial charge in [0.15, 0.2) is 12.4 Å². The van der Waals surface area contributed by atoms with Crippen LogP contribution in [0.3, 0.4) is 0 Å². The van der Waals surface area contributed by atoms with Gasteiger partial charge in [-0.25, -0.2) is 4.79 Å². The fourth-order valence-corrected chi connectivity index (χ4v) is 3.27. The second kappa shape index (κ2) is 9.00. The van der Waals surface area contributed by atoms with Crippen LogP contribution in [0.25, 0.3) is 0 Å². The molecule has 0 radical (unpaired) electrons. The summed E-state index contributed by atoms with van der Waals surface area (Å²) in [5.41, 5.74) is 6.15. The molecule has 0 saturated heterocycles. The molecule has 31 heavy (non-hydrogen) atoms. The molecule has 3 aromatic rings. The van der Waals surface area contributed by atoms with Crippen LogP contribution < -0.4 is 5.32 Å². The van der Waals surface area contributed by atoms with Gasteiger partial charge in [-0.15, -0.1) is 0 Å². The molecule has 0 saturated carbocycles. The Kier molecular flexibility index (Phi) is 6.39. The van der Waals surface area contributed by atoms with Crippen LogP contribution >= 0.6 is 0 Å². The lowest BCUT2D eigenvalue weighted by molar-refractivity contribution is 0.0474. The van der Waals surface area contributed by atoms with E-state index in [0.29, 0.717) is 11.3 Å². The van der Waals surface area contributed by atoms with E-state index in [0.717, 1.165) is 27.8 Å². The molecule has 1 heterocycles. The number of anilines is 1. The fraction of sp³-hybridized carbons (Fsp3) is 0.240. The molecule has 2 aromatic carbocycles. The van der Waals surface area contributed by atoms with E-state index in [2.05, 4.69) is 5.32 Å². The number of amides is 1. The number of carbonyl (C=O) groups excluding carboxylic acids is 3. The number of nitrogens with one attached hydrogen (secondary N) is 1. The molecule has 0 aliphatic heterocycles. The number of aryl methyl sites for hydroxylation is 2. The summed E-state index contributed by atoms with van der Waals surface area (Å²) in [6.07, 6.45) is 1.41. The van der Waals surface area contributed by atoms with Crippen molar-refractivity contribution in [2.24, 2.45) is 0 Å². The maximum absolute atomic E-state index is 12.7. The molecule has 0 aliphatic carbocycles. The first-order chi connectivity index (χ1) is 14.7. The van der Waals surface area contributed by atoms with Crippen molar-refractivity contribution in [3.05, 3.63) is 87.4 Å². The van der Waals surface area contributed by atoms with Gasteiger partial charge in [0.1, 0.15) is 0 Å². The third-order valence-corrected chi connectivity index (χ3v) is 5.58. The Morgan fingerprint density at radius 2 is 1.65 bits per heavy atom. The largest absolute Gasteiger partial charge is 0.459 e. The molecule has 6 heteroatoms. The number of rotatable bonds is 6. The average Bonchev–Trinajstić information content (AvgIpc) is 3.29. The van der Waals surface area contributed by atoms with E-state index < -0.39 is 11.9 Å². The highest BCUT2D eigenvalue weighted by atomic mass is 16.5. The average molecular weight is 419 g/mol. The van der Waals surface area contributed by atoms with Crippen molar-refractivity contribution in [1.29, 1.82) is 0 Å². The number of ketones is 1. The van der Waals surface area contributed by atoms with Crippen molar-refractivity contribution in [2.75, 3.05) is 11.9 Å². The third-order valence-electron chi connectivity index (χ3n) is 5.58. The molecule has 0 unspecified atom stereocenters. The van der Waals surface area contributed by atoms with E-state index in [9.17, 15) is 14.4 Å². The lowest BCUT2D eigenvalue weighted by atomic mass is 9.93. The second-order valence-electron chi connectivity index (χ2n) is 7.58. The van der Waals surface area contributed by atoms with Crippen LogP contribution in [-0.4, -0.2) is 24.3 Å². The molecule has 0 aliphatic rings. The Morgan fingerprint density at radius 3 is 2.32 bits per heavy atom. The Hall–Kier alpha value is -3.67. The molecule has 0 fully saturated rings. The van der Waals surface area contributed by atoms with Crippen molar-refractivity contribution in [1.82, 2.24) is 0 Å². The number of Topliss-reactive ketones (excluding diaryl/α,β-unsaturated/α-hetero) is 1. The van der Waals surface area contributed by atoms with Crippen molar-refractivity contribution >= 4 is 23.3 Å². The topological polar surface area (TPSA) is 85.6 Å². The summed E-state index contributed by atoms with van der Waals surface area (Å²) in [7, 11) is 0. The van der Waals surface area contributed by atoms with Gasteiger partial charge in [-0.3, -0.25) is 9.59 Å². The number of ether oxygens (including phenoxy) is 1. The highest BCUT2D eigenvalue weighted by Gasteiger charge is 2.18. The molecule has 0 bridgehead atoms. The van der Waals surface area contributed by atoms with E-state index >= 15 is 0 Å². The van der Waals surface area contributed by atoms with Crippen LogP contribution in [0.1, 0.15) is 59.1 Å². The Balaban J connectivity index is 1.71. The highest BCUT2D eigenvalue weighted by molar-refractivity contribution is 6.04. The van der Waals surface area contributed by atoms with E-state index in [1.54, 1.807) is 31.2 Å². The maximum atomic E-state index is 12.7. The number of esters is 1. The van der Waals surface area contributed by atoms with Gasteiger partial charge >= 0.3 is 5.97 Å². The summed E-state index contributed by atoms with van der Waals surface area (Å²) in [5.74, 6) is -1.15. The Bertz CT molecular complexity index is 1160. The molecule has 1 aromatic heterocycles. The van der Waals surface area contributed by atoms with Crippen molar-refractivity contribution in [2.45, 2.75) is 34.6 Å². The van der Waals surface area contributed by atoms with Gasteiger partial charge in [0, 0.05) is 11.3 Å². The summed E-state index contributed by atoms with van der Waals surface area (Å²) in [6, 6.07) is 9.82. The van der Waals surface area contributed by atoms with E-state index in [1.165, 1.54) is 12.3 Å². The summed E-state index contributed by atoms with van der Waals surface area (Å²) in [6.45, 7) is 9.29. The number of hydrogen-bond donors (Lipinski definition) is 1. The van der Waals surface area contributed by atoms with E-state index in [-0.39, 0.29) is 23.7 Å². The highest BCUT2D eigenvalue weighted by Crippen LogP contribution is 2.22. The van der Waals surface area contributed by atoms with Gasteiger partial charge in [0.2, 0.25) is 5.78 Å². The molecular weight excluding hydrogens is 394 g/mol. The molecule has 0 spiro atoms. The van der Waals surface area contributed by atoms with Gasteiger partial charge in [-0.2, -0.15) is 0 Å². The van der Waals surface area contributed by atoms with Crippen LogP contribution in [0.4, 0.5) is 5.69 Å². The first kappa shape index (κ1) is 22.0. The molecule has 3 rings (SSSR count). The van der Waals surface area contributed by atoms with Crippen LogP contribution in [0, 0.1) is 34.6 Å². The normalized spacial score (nSPS) is 10.6. The monoisotopic (exact) mass is 419 g/mol. The zero-order valence-electron chi connectivity index (χ0n) is 18.3. The maximum Gasteiger partial charge on any atom is 0.338 e. The fourth-order valence-electron chi connectivity index (χ4n) is 3.27. The number of carbonyl (C=O) groups is 3. The van der Waals surface area contributed by atoms with Gasteiger partial charge in [0.25, 0.3) is 5.91 Å². The van der Waals surface area contributed by atoms with E-state index in [1.807, 2.05) is 33.8 Å². The molecule has 0 atom stereocenters. The summed E-state index contributed by atoms with van der Waals surface area (Å²) in [5, 5.41) is 2.72. The number of benzene rings is 2. The Morgan fingerprint density at radius 1 is 0.903 bits per heavy atom. The first-order valence-electron chi connectivity index (χ1n) is 9.92. The lowest BCUT2D eigenvalue weighted by Gasteiger charge is -2.14. The van der Waals surface area contributed by atoms with Crippen LogP contribution in [-0.2, 0) is 4.74 Å². The van der Waals surface area contributed by atoms with Gasteiger partial charge in [-0.05, 0) is 92.8 Å². The zero-order valence-corrected chi connectivity index (χ0v) is 18.3. The van der Waals surface area contributed by atoms with Crippen molar-refractivity contribution < 1.29 is 23.5 Å². The molecule has 1 N–H and O–H groups in total. The summed E-state index contributed by atoms with van der Waals surface area (Å²) >= 11 is 0. The van der Waals surface area contributed by atoms with Crippen molar-refractivity contribution in [3.63, 3.8) is 0 Å². The van der Waals surface area contributed by atoms with Crippen LogP contribution in [0.2, 0.25) is 0 Å². The predicted octanol–water partition coefficient (Wildman–Crippen LogP) is 5.11. The summed E-state index contributed by atoms with van der Waals surface area (Å²) < 4.78 is 10.3. The smallest absolute Gasteiger partial charge is 0.338 e. The third kappa shape index (κ3) is 4.74. The molecule has 1 amide bonds. The summed E-state index contributed by atoms with van der Waals surface area (Å²) in [4.78, 5) is 37.4. The second-order valence-corrected chi connectivity index (χ2v) is 7.58. The van der Waals surface area contributed by atoms with Gasteiger partial charge in [0.05, 0.1) is 11.8 Å². The SMILES string of the molecule is Cc1ccc(C(=O)OCC(=O)c2cc(C)c(C)c(C)c2C)cc1NC(=O)c1ccco1. The van der Waals surface area contributed by atoms with Crippen LogP contribution in [0.5, 0.6) is 0 Å². The standard InChI is InChI=1S/C25H25NO5/c1-14-8-9-19(12-21(14)26-24(28)23-7-6-10-30-23)25(29)31-13-22(27)20-11-15(2)16(3)17(4)18(20)5/h6-12H,13H2,1-5H3,(H,26,28). The number of furan rings is 1. The lowest BCUT2D eigenvalue weighted by Crippen LogP contribution is -2.17. The van der Waals surface area contributed by atoms with Gasteiger partial charge < -0.3 is 14.5 Å². The van der Waals surface area contributed by atoms with Crippen molar-refractivity contribution in [3.8, 4) is 0 Å².